The van der Waals surface area contributed by atoms with Crippen molar-refractivity contribution >= 4 is 24.7 Å². The van der Waals surface area contributed by atoms with E-state index in [4.69, 9.17) is 4.74 Å². The normalized spacial score (nSPS) is 12.8. The lowest BCUT2D eigenvalue weighted by Gasteiger charge is -2.43. The van der Waals surface area contributed by atoms with Gasteiger partial charge in [0.15, 0.2) is 0 Å². The number of carbonyl (C=O) groups excluding carboxylic acids is 1. The second-order valence-corrected chi connectivity index (χ2v) is 22.1. The molecule has 0 aliphatic rings. The summed E-state index contributed by atoms with van der Waals surface area (Å²) in [5.74, 6) is 0.573. The minimum absolute atomic E-state index is 0.0829. The maximum absolute atomic E-state index is 12.9. The number of methoxy groups -OCH3 is 1. The predicted octanol–water partition coefficient (Wildman–Crippen LogP) is 15.5. The van der Waals surface area contributed by atoms with E-state index in [9.17, 15) is 9.59 Å². The molecule has 0 saturated heterocycles. The monoisotopic (exact) mass is 815 g/mol. The average Bonchev–Trinajstić information content (AvgIpc) is 3.24. The third kappa shape index (κ3) is 23.4. The molecule has 1 atom stereocenters. The van der Waals surface area contributed by atoms with Gasteiger partial charge in [-0.25, -0.2) is 0 Å². The summed E-state index contributed by atoms with van der Waals surface area (Å²) in [6.07, 6.45) is 49.0. The fourth-order valence-electron chi connectivity index (χ4n) is 9.01. The number of carbonyl (C=O) groups is 1. The van der Waals surface area contributed by atoms with Gasteiger partial charge < -0.3 is 9.53 Å². The van der Waals surface area contributed by atoms with Crippen LogP contribution in [0.3, 0.4) is 0 Å². The summed E-state index contributed by atoms with van der Waals surface area (Å²) >= 11 is 0. The van der Waals surface area contributed by atoms with Gasteiger partial charge >= 0.3 is 5.97 Å². The summed E-state index contributed by atoms with van der Waals surface area (Å²) in [6.45, 7) is 7.04. The molecular weight excluding hydrogens is 725 g/mol. The highest BCUT2D eigenvalue weighted by Gasteiger charge is 2.50. The van der Waals surface area contributed by atoms with Crippen LogP contribution < -0.4 is 10.4 Å². The van der Waals surface area contributed by atoms with E-state index in [0.29, 0.717) is 12.3 Å². The first-order valence-corrected chi connectivity index (χ1v) is 26.5. The van der Waals surface area contributed by atoms with E-state index >= 15 is 0 Å². The Morgan fingerprint density at radius 3 is 1.28 bits per heavy atom. The average molecular weight is 815 g/mol. The fourth-order valence-corrected chi connectivity index (χ4v) is 12.8. The zero-order valence-electron chi connectivity index (χ0n) is 38.3. The van der Waals surface area contributed by atoms with Gasteiger partial charge in [0.05, 0.1) is 7.11 Å². The van der Waals surface area contributed by atoms with Gasteiger partial charge in [-0.2, -0.15) is 0 Å². The van der Waals surface area contributed by atoms with Crippen molar-refractivity contribution in [3.63, 3.8) is 0 Å². The minimum Gasteiger partial charge on any atom is -0.469 e. The Kier molecular flexibility index (Phi) is 30.6. The van der Waals surface area contributed by atoms with Crippen LogP contribution in [0.15, 0.2) is 85.0 Å². The van der Waals surface area contributed by atoms with Crippen molar-refractivity contribution < 1.29 is 14.3 Å². The Balaban J connectivity index is 1.76. The van der Waals surface area contributed by atoms with Crippen LogP contribution in [0.5, 0.6) is 0 Å². The zero-order chi connectivity index (χ0) is 41.8. The molecule has 0 fully saturated rings. The number of ether oxygens (including phenoxy) is 1. The van der Waals surface area contributed by atoms with Crippen LogP contribution in [0.1, 0.15) is 220 Å². The summed E-state index contributed by atoms with van der Waals surface area (Å²) in [5, 5.41) is 2.10. The largest absolute Gasteiger partial charge is 0.469 e. The summed E-state index contributed by atoms with van der Waals surface area (Å²) in [5.41, 5.74) is 0. The third-order valence-corrected chi connectivity index (χ3v) is 17.2. The molecule has 0 aliphatic carbocycles. The van der Waals surface area contributed by atoms with E-state index in [1.54, 1.807) is 0 Å². The SMILES string of the molecule is CCCCCCCC/C=C\CCCCCCCCC(CCCCCCCC/C=C\CCCCCCCC(=O)OC)CC(C)(C)[Si](O)(c1ccccc1)c1ccccc1. The van der Waals surface area contributed by atoms with E-state index in [1.807, 2.05) is 0 Å². The zero-order valence-corrected chi connectivity index (χ0v) is 39.3. The lowest BCUT2D eigenvalue weighted by Crippen LogP contribution is -2.65. The van der Waals surface area contributed by atoms with Gasteiger partial charge in [-0.05, 0) is 85.5 Å². The molecule has 0 aromatic heterocycles. The third-order valence-electron chi connectivity index (χ3n) is 12.7. The Morgan fingerprint density at radius 1 is 0.552 bits per heavy atom. The van der Waals surface area contributed by atoms with Crippen molar-refractivity contribution in [1.82, 2.24) is 0 Å². The highest BCUT2D eigenvalue weighted by atomic mass is 28.4. The van der Waals surface area contributed by atoms with Crippen molar-refractivity contribution in [2.45, 2.75) is 225 Å². The van der Waals surface area contributed by atoms with Crippen LogP contribution in [0, 0.1) is 5.92 Å². The Bertz CT molecular complexity index is 1250. The van der Waals surface area contributed by atoms with Gasteiger partial charge in [0.25, 0.3) is 8.32 Å². The smallest absolute Gasteiger partial charge is 0.305 e. The van der Waals surface area contributed by atoms with Crippen LogP contribution in [0.2, 0.25) is 5.04 Å². The molecular formula is C54H90O3Si. The molecule has 1 unspecified atom stereocenters. The predicted molar refractivity (Wildman–Crippen MR) is 257 cm³/mol. The Labute approximate surface area is 360 Å². The minimum atomic E-state index is -3.00. The summed E-state index contributed by atoms with van der Waals surface area (Å²) in [6, 6.07) is 21.3. The summed E-state index contributed by atoms with van der Waals surface area (Å²) in [4.78, 5) is 24.1. The van der Waals surface area contributed by atoms with E-state index in [0.717, 1.165) is 29.6 Å². The molecule has 58 heavy (non-hydrogen) atoms. The number of allylic oxidation sites excluding steroid dienone is 4. The molecule has 2 aromatic rings. The Morgan fingerprint density at radius 2 is 0.897 bits per heavy atom. The molecule has 2 rings (SSSR count). The van der Waals surface area contributed by atoms with Gasteiger partial charge in [0.2, 0.25) is 0 Å². The van der Waals surface area contributed by atoms with E-state index in [1.165, 1.54) is 180 Å². The second kappa shape index (κ2) is 34.3. The van der Waals surface area contributed by atoms with Gasteiger partial charge in [-0.3, -0.25) is 4.79 Å². The standard InChI is InChI=1S/C54H90O3Si/c1-5-6-7-8-9-10-11-12-13-15-18-21-24-27-30-35-42-50(49-54(2,3)58(56,51-44-37-33-38-45-51)52-46-39-34-40-47-52)43-36-31-28-25-22-19-16-14-17-20-23-26-29-32-41-48-53(55)57-4/h12-14,17,33-34,37-40,44-47,50,56H,5-11,15-16,18-32,35-36,41-43,48-49H2,1-4H3/b13-12-,17-14-. The molecule has 328 valence electrons. The Hall–Kier alpha value is -2.43. The fraction of sp³-hybridized carbons (Fsp3) is 0.685. The first-order chi connectivity index (χ1) is 28.3. The van der Waals surface area contributed by atoms with Gasteiger partial charge in [0.1, 0.15) is 0 Å². The lowest BCUT2D eigenvalue weighted by atomic mass is 9.87. The van der Waals surface area contributed by atoms with Gasteiger partial charge in [-0.1, -0.05) is 234 Å². The molecule has 0 bridgehead atoms. The first-order valence-electron chi connectivity index (χ1n) is 24.6. The van der Waals surface area contributed by atoms with Crippen molar-refractivity contribution in [1.29, 1.82) is 0 Å². The first kappa shape index (κ1) is 51.7. The molecule has 0 amide bonds. The molecule has 0 aliphatic heterocycles. The number of unbranched alkanes of at least 4 members (excludes halogenated alkanes) is 23. The molecule has 0 saturated carbocycles. The van der Waals surface area contributed by atoms with Crippen molar-refractivity contribution in [3.8, 4) is 0 Å². The number of hydrogen-bond acceptors (Lipinski definition) is 3. The number of rotatable bonds is 38. The van der Waals surface area contributed by atoms with E-state index in [2.05, 4.69) is 106 Å². The van der Waals surface area contributed by atoms with Crippen molar-refractivity contribution in [3.05, 3.63) is 85.0 Å². The number of benzene rings is 2. The van der Waals surface area contributed by atoms with E-state index < -0.39 is 8.32 Å². The molecule has 2 aromatic carbocycles. The summed E-state index contributed by atoms with van der Waals surface area (Å²) in [7, 11) is -1.53. The molecule has 3 nitrogen and oxygen atoms in total. The lowest BCUT2D eigenvalue weighted by molar-refractivity contribution is -0.140. The van der Waals surface area contributed by atoms with Gasteiger partial charge in [0, 0.05) is 6.42 Å². The number of esters is 1. The quantitative estimate of drug-likeness (QED) is 0.0318. The van der Waals surface area contributed by atoms with Crippen LogP contribution in [-0.2, 0) is 9.53 Å². The highest BCUT2D eigenvalue weighted by Crippen LogP contribution is 2.44. The highest BCUT2D eigenvalue weighted by molar-refractivity contribution is 6.98. The van der Waals surface area contributed by atoms with Crippen LogP contribution >= 0.6 is 0 Å². The van der Waals surface area contributed by atoms with E-state index in [-0.39, 0.29) is 11.0 Å². The van der Waals surface area contributed by atoms with Crippen molar-refractivity contribution in [2.24, 2.45) is 5.92 Å². The molecule has 0 heterocycles. The van der Waals surface area contributed by atoms with Crippen LogP contribution in [0.25, 0.3) is 0 Å². The summed E-state index contributed by atoms with van der Waals surface area (Å²) < 4.78 is 4.72. The van der Waals surface area contributed by atoms with Gasteiger partial charge in [-0.15, -0.1) is 0 Å². The molecule has 1 N–H and O–H groups in total. The second-order valence-electron chi connectivity index (χ2n) is 18.2. The maximum Gasteiger partial charge on any atom is 0.305 e. The van der Waals surface area contributed by atoms with Crippen molar-refractivity contribution in [2.75, 3.05) is 7.11 Å². The molecule has 0 radical (unpaired) electrons. The maximum atomic E-state index is 12.9. The topological polar surface area (TPSA) is 46.5 Å². The number of hydrogen-bond donors (Lipinski definition) is 1. The molecule has 4 heteroatoms. The van der Waals surface area contributed by atoms with Crippen LogP contribution in [0.4, 0.5) is 0 Å². The molecule has 0 spiro atoms. The van der Waals surface area contributed by atoms with Crippen LogP contribution in [-0.4, -0.2) is 26.2 Å².